The lowest BCUT2D eigenvalue weighted by molar-refractivity contribution is 0.287. The molecule has 4 rings (SSSR count). The van der Waals surface area contributed by atoms with Gasteiger partial charge in [0.25, 0.3) is 0 Å². The maximum Gasteiger partial charge on any atom is 0.226 e. The van der Waals surface area contributed by atoms with Crippen LogP contribution in [0.15, 0.2) is 17.6 Å². The summed E-state index contributed by atoms with van der Waals surface area (Å²) in [6.45, 7) is 1.82. The first-order valence-corrected chi connectivity index (χ1v) is 6.87. The first-order chi connectivity index (χ1) is 8.24. The molecular weight excluding hydrogens is 232 g/mol. The van der Waals surface area contributed by atoms with E-state index in [2.05, 4.69) is 26.3 Å². The van der Waals surface area contributed by atoms with Crippen LogP contribution in [0.3, 0.4) is 0 Å². The van der Waals surface area contributed by atoms with Gasteiger partial charge in [-0.1, -0.05) is 0 Å². The number of fused-ring (bicyclic) bond motifs is 1. The van der Waals surface area contributed by atoms with Crippen molar-refractivity contribution in [1.29, 1.82) is 0 Å². The maximum atomic E-state index is 6.33. The molecule has 4 nitrogen and oxygen atoms in total. The second-order valence-corrected chi connectivity index (χ2v) is 6.11. The van der Waals surface area contributed by atoms with Gasteiger partial charge in [-0.2, -0.15) is 0 Å². The van der Waals surface area contributed by atoms with E-state index in [0.29, 0.717) is 0 Å². The van der Waals surface area contributed by atoms with Gasteiger partial charge in [-0.05, 0) is 30.2 Å². The van der Waals surface area contributed by atoms with Crippen LogP contribution in [-0.4, -0.2) is 28.6 Å². The third-order valence-electron chi connectivity index (χ3n) is 3.84. The Labute approximate surface area is 103 Å². The predicted octanol–water partition coefficient (Wildman–Crippen LogP) is 1.62. The molecule has 3 heterocycles. The first kappa shape index (κ1) is 9.79. The van der Waals surface area contributed by atoms with E-state index in [1.807, 2.05) is 6.20 Å². The zero-order valence-electron chi connectivity index (χ0n) is 9.47. The largest absolute Gasteiger partial charge is 0.337 e. The van der Waals surface area contributed by atoms with Crippen molar-refractivity contribution < 1.29 is 0 Å². The highest BCUT2D eigenvalue weighted by molar-refractivity contribution is 7.16. The van der Waals surface area contributed by atoms with Gasteiger partial charge in [0, 0.05) is 24.7 Å². The summed E-state index contributed by atoms with van der Waals surface area (Å²) < 4.78 is 0. The highest BCUT2D eigenvalue weighted by atomic mass is 32.1. The molecule has 0 atom stereocenters. The Hall–Kier alpha value is -1.20. The van der Waals surface area contributed by atoms with E-state index in [9.17, 15) is 0 Å². The van der Waals surface area contributed by atoms with Crippen molar-refractivity contribution in [2.45, 2.75) is 18.4 Å². The van der Waals surface area contributed by atoms with E-state index in [0.717, 1.165) is 35.2 Å². The summed E-state index contributed by atoms with van der Waals surface area (Å²) in [5, 5.41) is 3.18. The van der Waals surface area contributed by atoms with Crippen LogP contribution in [0.5, 0.6) is 0 Å². The van der Waals surface area contributed by atoms with Crippen LogP contribution < -0.4 is 10.6 Å². The molecule has 1 saturated heterocycles. The molecule has 5 heteroatoms. The number of nitrogens with two attached hydrogens (primary N) is 1. The molecule has 2 N–H and O–H groups in total. The van der Waals surface area contributed by atoms with Crippen LogP contribution in [0.4, 0.5) is 5.95 Å². The quantitative estimate of drug-likeness (QED) is 0.875. The van der Waals surface area contributed by atoms with Crippen molar-refractivity contribution >= 4 is 27.5 Å². The number of rotatable bonds is 2. The second kappa shape index (κ2) is 3.17. The van der Waals surface area contributed by atoms with Crippen LogP contribution in [0.2, 0.25) is 0 Å². The Morgan fingerprint density at radius 1 is 1.41 bits per heavy atom. The number of nitrogens with zero attached hydrogens (tertiary/aromatic N) is 3. The molecule has 2 fully saturated rings. The fraction of sp³-hybridized carbons (Fsp3) is 0.500. The minimum absolute atomic E-state index is 0.0355. The third-order valence-corrected chi connectivity index (χ3v) is 4.66. The summed E-state index contributed by atoms with van der Waals surface area (Å²) in [5.41, 5.74) is 6.37. The fourth-order valence-electron chi connectivity index (χ4n) is 2.62. The Morgan fingerprint density at radius 3 is 3.00 bits per heavy atom. The summed E-state index contributed by atoms with van der Waals surface area (Å²) in [4.78, 5) is 12.3. The predicted molar refractivity (Wildman–Crippen MR) is 69.3 cm³/mol. The summed E-state index contributed by atoms with van der Waals surface area (Å²) in [6.07, 6.45) is 4.51. The third kappa shape index (κ3) is 1.46. The van der Waals surface area contributed by atoms with Crippen molar-refractivity contribution in [3.8, 4) is 0 Å². The molecule has 0 bridgehead atoms. The first-order valence-electron chi connectivity index (χ1n) is 5.99. The molecule has 0 spiro atoms. The molecular formula is C12H14N4S. The molecule has 1 saturated carbocycles. The Bertz CT molecular complexity index is 569. The molecule has 1 aliphatic carbocycles. The van der Waals surface area contributed by atoms with Gasteiger partial charge in [0.1, 0.15) is 4.83 Å². The summed E-state index contributed by atoms with van der Waals surface area (Å²) >= 11 is 1.66. The van der Waals surface area contributed by atoms with Gasteiger partial charge in [0.05, 0.1) is 5.54 Å². The SMILES string of the molecule is NC1(C2CC2)CN(c2ncc3ccsc3n2)C1. The van der Waals surface area contributed by atoms with Gasteiger partial charge in [0.15, 0.2) is 0 Å². The van der Waals surface area contributed by atoms with E-state index < -0.39 is 0 Å². The van der Waals surface area contributed by atoms with Crippen LogP contribution in [0.25, 0.3) is 10.2 Å². The van der Waals surface area contributed by atoms with Gasteiger partial charge in [-0.15, -0.1) is 11.3 Å². The number of thiophene rings is 1. The van der Waals surface area contributed by atoms with Crippen LogP contribution in [0, 0.1) is 5.92 Å². The highest BCUT2D eigenvalue weighted by Crippen LogP contribution is 2.43. The molecule has 0 radical (unpaired) electrons. The molecule has 0 aromatic carbocycles. The Morgan fingerprint density at radius 2 is 2.24 bits per heavy atom. The number of anilines is 1. The molecule has 2 aromatic heterocycles. The average molecular weight is 246 g/mol. The smallest absolute Gasteiger partial charge is 0.226 e. The normalized spacial score (nSPS) is 22.8. The van der Waals surface area contributed by atoms with Gasteiger partial charge in [-0.3, -0.25) is 0 Å². The van der Waals surface area contributed by atoms with Crippen LogP contribution in [-0.2, 0) is 0 Å². The zero-order valence-corrected chi connectivity index (χ0v) is 10.3. The van der Waals surface area contributed by atoms with Crippen LogP contribution >= 0.6 is 11.3 Å². The number of hydrogen-bond donors (Lipinski definition) is 1. The van der Waals surface area contributed by atoms with E-state index in [1.54, 1.807) is 11.3 Å². The van der Waals surface area contributed by atoms with Gasteiger partial charge in [0.2, 0.25) is 5.95 Å². The molecule has 88 valence electrons. The highest BCUT2D eigenvalue weighted by Gasteiger charge is 2.51. The maximum absolute atomic E-state index is 6.33. The van der Waals surface area contributed by atoms with E-state index in [4.69, 9.17) is 5.73 Å². The van der Waals surface area contributed by atoms with Crippen molar-refractivity contribution in [1.82, 2.24) is 9.97 Å². The van der Waals surface area contributed by atoms with Crippen molar-refractivity contribution in [2.24, 2.45) is 11.7 Å². The van der Waals surface area contributed by atoms with Gasteiger partial charge in [-0.25, -0.2) is 9.97 Å². The second-order valence-electron chi connectivity index (χ2n) is 5.21. The van der Waals surface area contributed by atoms with Gasteiger partial charge < -0.3 is 10.6 Å². The van der Waals surface area contributed by atoms with Crippen LogP contribution in [0.1, 0.15) is 12.8 Å². The molecule has 1 aliphatic heterocycles. The molecule has 0 amide bonds. The number of aromatic nitrogens is 2. The monoisotopic (exact) mass is 246 g/mol. The van der Waals surface area contributed by atoms with Crippen molar-refractivity contribution in [2.75, 3.05) is 18.0 Å². The lowest BCUT2D eigenvalue weighted by Gasteiger charge is -2.48. The fourth-order valence-corrected chi connectivity index (χ4v) is 3.36. The standard InChI is InChI=1S/C12H14N4S/c13-12(9-1-2-9)6-16(7-12)11-14-5-8-3-4-17-10(8)15-11/h3-5,9H,1-2,6-7,13H2. The minimum atomic E-state index is 0.0355. The topological polar surface area (TPSA) is 55.0 Å². The Balaban J connectivity index is 1.59. The Kier molecular flexibility index (Phi) is 1.83. The van der Waals surface area contributed by atoms with E-state index in [-0.39, 0.29) is 5.54 Å². The molecule has 0 unspecified atom stereocenters. The van der Waals surface area contributed by atoms with Crippen molar-refractivity contribution in [3.05, 3.63) is 17.6 Å². The number of hydrogen-bond acceptors (Lipinski definition) is 5. The molecule has 2 aliphatic rings. The summed E-state index contributed by atoms with van der Waals surface area (Å²) in [7, 11) is 0. The lowest BCUT2D eigenvalue weighted by atomic mass is 9.86. The molecule has 2 aromatic rings. The molecule has 17 heavy (non-hydrogen) atoms. The van der Waals surface area contributed by atoms with Crippen molar-refractivity contribution in [3.63, 3.8) is 0 Å². The lowest BCUT2D eigenvalue weighted by Crippen LogP contribution is -2.69. The zero-order chi connectivity index (χ0) is 11.5. The van der Waals surface area contributed by atoms with E-state index in [1.165, 1.54) is 12.8 Å². The summed E-state index contributed by atoms with van der Waals surface area (Å²) in [6, 6.07) is 2.05. The summed E-state index contributed by atoms with van der Waals surface area (Å²) in [5.74, 6) is 1.57. The van der Waals surface area contributed by atoms with E-state index >= 15 is 0 Å². The minimum Gasteiger partial charge on any atom is -0.337 e. The average Bonchev–Trinajstić information content (AvgIpc) is 3.03. The van der Waals surface area contributed by atoms with Gasteiger partial charge >= 0.3 is 0 Å².